The molecule has 2 rings (SSSR count). The zero-order valence-electron chi connectivity index (χ0n) is 13.1. The van der Waals surface area contributed by atoms with Gasteiger partial charge in [-0.05, 0) is 42.6 Å². The van der Waals surface area contributed by atoms with Crippen molar-refractivity contribution in [2.24, 2.45) is 22.5 Å². The van der Waals surface area contributed by atoms with Crippen molar-refractivity contribution in [2.45, 2.75) is 52.6 Å². The van der Waals surface area contributed by atoms with Gasteiger partial charge in [0.15, 0.2) is 0 Å². The largest absolute Gasteiger partial charge is 0.388 e. The summed E-state index contributed by atoms with van der Waals surface area (Å²) in [6, 6.07) is 9.99. The first kappa shape index (κ1) is 15.5. The summed E-state index contributed by atoms with van der Waals surface area (Å²) < 4.78 is 0. The van der Waals surface area contributed by atoms with Crippen LogP contribution in [0, 0.1) is 16.7 Å². The first-order valence-electron chi connectivity index (χ1n) is 7.82. The van der Waals surface area contributed by atoms with Crippen LogP contribution < -0.4 is 5.73 Å². The fourth-order valence-electron chi connectivity index (χ4n) is 3.64. The van der Waals surface area contributed by atoms with Gasteiger partial charge in [-0.2, -0.15) is 0 Å². The second-order valence-corrected chi connectivity index (χ2v) is 7.52. The Morgan fingerprint density at radius 3 is 2.20 bits per heavy atom. The second-order valence-electron chi connectivity index (χ2n) is 7.52. The predicted molar refractivity (Wildman–Crippen MR) is 84.3 cm³/mol. The van der Waals surface area contributed by atoms with E-state index in [1.165, 1.54) is 12.8 Å². The molecule has 0 aromatic heterocycles. The van der Waals surface area contributed by atoms with Crippen molar-refractivity contribution >= 4 is 0 Å². The highest BCUT2D eigenvalue weighted by atomic mass is 16.3. The molecule has 0 amide bonds. The van der Waals surface area contributed by atoms with Crippen molar-refractivity contribution in [2.75, 3.05) is 6.54 Å². The van der Waals surface area contributed by atoms with Gasteiger partial charge in [-0.25, -0.2) is 0 Å². The number of benzene rings is 1. The topological polar surface area (TPSA) is 46.2 Å². The van der Waals surface area contributed by atoms with Gasteiger partial charge in [0.25, 0.3) is 0 Å². The van der Waals surface area contributed by atoms with Crippen LogP contribution in [0.15, 0.2) is 30.3 Å². The van der Waals surface area contributed by atoms with Crippen LogP contribution in [0.25, 0.3) is 0 Å². The van der Waals surface area contributed by atoms with Gasteiger partial charge in [0.2, 0.25) is 0 Å². The zero-order valence-corrected chi connectivity index (χ0v) is 13.1. The highest BCUT2D eigenvalue weighted by Crippen LogP contribution is 2.50. The normalized spacial score (nSPS) is 29.1. The monoisotopic (exact) mass is 275 g/mol. The number of hydrogen-bond acceptors (Lipinski definition) is 2. The number of aliphatic hydroxyl groups excluding tert-OH is 1. The van der Waals surface area contributed by atoms with Crippen LogP contribution in [0.1, 0.15) is 58.1 Å². The molecule has 1 atom stereocenters. The van der Waals surface area contributed by atoms with Crippen molar-refractivity contribution in [1.82, 2.24) is 0 Å². The molecule has 0 radical (unpaired) electrons. The Balaban J connectivity index is 2.13. The summed E-state index contributed by atoms with van der Waals surface area (Å²) in [6.07, 6.45) is 3.97. The Labute approximate surface area is 123 Å². The standard InChI is InChI=1S/C18H29NO/c1-17(2,3)15-9-11-18(13-19,12-10-15)16(20)14-7-5-4-6-8-14/h4-8,15-16,20H,9-13,19H2,1-3H3. The highest BCUT2D eigenvalue weighted by molar-refractivity contribution is 5.20. The molecule has 0 spiro atoms. The van der Waals surface area contributed by atoms with Gasteiger partial charge < -0.3 is 10.8 Å². The van der Waals surface area contributed by atoms with E-state index in [1.807, 2.05) is 30.3 Å². The molecule has 1 fully saturated rings. The summed E-state index contributed by atoms with van der Waals surface area (Å²) in [5, 5.41) is 10.8. The molecule has 1 aliphatic rings. The quantitative estimate of drug-likeness (QED) is 0.878. The Kier molecular flexibility index (Phi) is 4.55. The summed E-state index contributed by atoms with van der Waals surface area (Å²) in [4.78, 5) is 0. The van der Waals surface area contributed by atoms with E-state index in [2.05, 4.69) is 20.8 Å². The number of rotatable bonds is 3. The lowest BCUT2D eigenvalue weighted by molar-refractivity contribution is -0.0234. The molecule has 20 heavy (non-hydrogen) atoms. The minimum absolute atomic E-state index is 0.136. The third kappa shape index (κ3) is 3.07. The molecular formula is C18H29NO. The van der Waals surface area contributed by atoms with Crippen LogP contribution in [0.4, 0.5) is 0 Å². The fraction of sp³-hybridized carbons (Fsp3) is 0.667. The minimum Gasteiger partial charge on any atom is -0.388 e. The molecule has 1 unspecified atom stereocenters. The van der Waals surface area contributed by atoms with Crippen LogP contribution >= 0.6 is 0 Å². The smallest absolute Gasteiger partial charge is 0.0858 e. The summed E-state index contributed by atoms with van der Waals surface area (Å²) >= 11 is 0. The van der Waals surface area contributed by atoms with Gasteiger partial charge in [-0.3, -0.25) is 0 Å². The first-order valence-corrected chi connectivity index (χ1v) is 7.82. The van der Waals surface area contributed by atoms with E-state index < -0.39 is 6.10 Å². The summed E-state index contributed by atoms with van der Waals surface area (Å²) in [7, 11) is 0. The zero-order chi connectivity index (χ0) is 14.8. The van der Waals surface area contributed by atoms with Gasteiger partial charge >= 0.3 is 0 Å². The first-order chi connectivity index (χ1) is 9.39. The van der Waals surface area contributed by atoms with Crippen molar-refractivity contribution < 1.29 is 5.11 Å². The molecule has 0 heterocycles. The maximum atomic E-state index is 10.8. The average Bonchev–Trinajstić information content (AvgIpc) is 2.46. The van der Waals surface area contributed by atoms with Crippen LogP contribution in [-0.2, 0) is 0 Å². The molecule has 0 saturated heterocycles. The van der Waals surface area contributed by atoms with E-state index in [4.69, 9.17) is 5.73 Å². The molecule has 0 bridgehead atoms. The Morgan fingerprint density at radius 2 is 1.75 bits per heavy atom. The molecule has 1 aliphatic carbocycles. The lowest BCUT2D eigenvalue weighted by atomic mass is 9.61. The van der Waals surface area contributed by atoms with Gasteiger partial charge in [0.1, 0.15) is 0 Å². The van der Waals surface area contributed by atoms with Crippen molar-refractivity contribution in [3.8, 4) is 0 Å². The third-order valence-electron chi connectivity index (χ3n) is 5.31. The Bertz CT molecular complexity index is 413. The van der Waals surface area contributed by atoms with Gasteiger partial charge in [0, 0.05) is 12.0 Å². The van der Waals surface area contributed by atoms with Crippen LogP contribution in [0.5, 0.6) is 0 Å². The maximum absolute atomic E-state index is 10.8. The number of nitrogens with two attached hydrogens (primary N) is 1. The molecule has 0 aliphatic heterocycles. The molecular weight excluding hydrogens is 246 g/mol. The maximum Gasteiger partial charge on any atom is 0.0858 e. The van der Waals surface area contributed by atoms with E-state index in [0.717, 1.165) is 24.3 Å². The van der Waals surface area contributed by atoms with Gasteiger partial charge in [0.05, 0.1) is 6.10 Å². The molecule has 2 heteroatoms. The lowest BCUT2D eigenvalue weighted by Gasteiger charge is -2.46. The van der Waals surface area contributed by atoms with E-state index >= 15 is 0 Å². The molecule has 1 aromatic carbocycles. The minimum atomic E-state index is -0.436. The molecule has 112 valence electrons. The summed E-state index contributed by atoms with van der Waals surface area (Å²) in [5.41, 5.74) is 7.30. The van der Waals surface area contributed by atoms with E-state index in [9.17, 15) is 5.11 Å². The summed E-state index contributed by atoms with van der Waals surface area (Å²) in [5.74, 6) is 0.741. The van der Waals surface area contributed by atoms with Crippen LogP contribution in [0.3, 0.4) is 0 Å². The van der Waals surface area contributed by atoms with Gasteiger partial charge in [-0.15, -0.1) is 0 Å². The predicted octanol–water partition coefficient (Wildman–Crippen LogP) is 3.90. The Hall–Kier alpha value is -0.860. The third-order valence-corrected chi connectivity index (χ3v) is 5.31. The molecule has 3 N–H and O–H groups in total. The van der Waals surface area contributed by atoms with E-state index in [0.29, 0.717) is 12.0 Å². The van der Waals surface area contributed by atoms with Crippen LogP contribution in [0.2, 0.25) is 0 Å². The number of hydrogen-bond donors (Lipinski definition) is 2. The molecule has 1 saturated carbocycles. The molecule has 1 aromatic rings. The average molecular weight is 275 g/mol. The second kappa shape index (κ2) is 5.87. The fourth-order valence-corrected chi connectivity index (χ4v) is 3.64. The van der Waals surface area contributed by atoms with E-state index in [-0.39, 0.29) is 5.41 Å². The SMILES string of the molecule is CC(C)(C)C1CCC(CN)(C(O)c2ccccc2)CC1. The van der Waals surface area contributed by atoms with Gasteiger partial charge in [-0.1, -0.05) is 51.1 Å². The van der Waals surface area contributed by atoms with Crippen molar-refractivity contribution in [1.29, 1.82) is 0 Å². The van der Waals surface area contributed by atoms with Crippen molar-refractivity contribution in [3.63, 3.8) is 0 Å². The Morgan fingerprint density at radius 1 is 1.20 bits per heavy atom. The van der Waals surface area contributed by atoms with E-state index in [1.54, 1.807) is 0 Å². The number of aliphatic hydroxyl groups is 1. The summed E-state index contributed by atoms with van der Waals surface area (Å²) in [6.45, 7) is 7.53. The highest BCUT2D eigenvalue weighted by Gasteiger charge is 2.42. The van der Waals surface area contributed by atoms with Crippen molar-refractivity contribution in [3.05, 3.63) is 35.9 Å². The molecule has 2 nitrogen and oxygen atoms in total. The lowest BCUT2D eigenvalue weighted by Crippen LogP contribution is -2.42. The van der Waals surface area contributed by atoms with Crippen LogP contribution in [-0.4, -0.2) is 11.7 Å².